The summed E-state index contributed by atoms with van der Waals surface area (Å²) in [5.41, 5.74) is 3.28. The minimum absolute atomic E-state index is 0.315. The zero-order valence-corrected chi connectivity index (χ0v) is 12.8. The van der Waals surface area contributed by atoms with Gasteiger partial charge in [-0.2, -0.15) is 0 Å². The fourth-order valence-electron chi connectivity index (χ4n) is 1.78. The highest BCUT2D eigenvalue weighted by Gasteiger charge is 1.98. The molecule has 0 aliphatic heterocycles. The number of carbonyl (C=O) groups excluding carboxylic acids is 1. The first-order valence-electron chi connectivity index (χ1n) is 6.40. The van der Waals surface area contributed by atoms with Gasteiger partial charge in [0.2, 0.25) is 0 Å². The van der Waals surface area contributed by atoms with Crippen molar-refractivity contribution in [3.63, 3.8) is 0 Å². The van der Waals surface area contributed by atoms with Crippen LogP contribution in [0.5, 0.6) is 0 Å². The largest absolute Gasteiger partial charge is 0.463 e. The average molecular weight is 331 g/mol. The molecule has 0 N–H and O–H groups in total. The molecule has 0 aliphatic carbocycles. The molecular weight excluding hydrogens is 316 g/mol. The maximum Gasteiger partial charge on any atom is 0.330 e. The molecule has 0 amide bonds. The van der Waals surface area contributed by atoms with Crippen molar-refractivity contribution in [1.82, 2.24) is 0 Å². The first-order valence-corrected chi connectivity index (χ1v) is 7.19. The third-order valence-corrected chi connectivity index (χ3v) is 3.32. The fraction of sp³-hybridized carbons (Fsp3) is 0.118. The Balaban J connectivity index is 2.10. The summed E-state index contributed by atoms with van der Waals surface area (Å²) in [5.74, 6) is -0.315. The van der Waals surface area contributed by atoms with Crippen LogP contribution in [0.15, 0.2) is 59.1 Å². The number of rotatable bonds is 4. The van der Waals surface area contributed by atoms with Crippen molar-refractivity contribution in [2.24, 2.45) is 0 Å². The van der Waals surface area contributed by atoms with Gasteiger partial charge < -0.3 is 4.74 Å². The quantitative estimate of drug-likeness (QED) is 0.600. The minimum atomic E-state index is -0.315. The second-order valence-electron chi connectivity index (χ2n) is 4.21. The fourth-order valence-corrected chi connectivity index (χ4v) is 2.05. The lowest BCUT2D eigenvalue weighted by Crippen LogP contribution is -1.98. The van der Waals surface area contributed by atoms with Gasteiger partial charge in [-0.3, -0.25) is 0 Å². The first-order chi connectivity index (χ1) is 9.69. The van der Waals surface area contributed by atoms with Crippen molar-refractivity contribution in [1.29, 1.82) is 0 Å². The highest BCUT2D eigenvalue weighted by atomic mass is 79.9. The van der Waals surface area contributed by atoms with E-state index in [9.17, 15) is 4.79 Å². The van der Waals surface area contributed by atoms with Crippen LogP contribution in [0.2, 0.25) is 0 Å². The van der Waals surface area contributed by atoms with Crippen molar-refractivity contribution in [3.05, 3.63) is 64.6 Å². The summed E-state index contributed by atoms with van der Waals surface area (Å²) in [4.78, 5) is 11.2. The van der Waals surface area contributed by atoms with Crippen molar-refractivity contribution in [3.8, 4) is 11.1 Å². The molecule has 0 saturated heterocycles. The molecule has 20 heavy (non-hydrogen) atoms. The van der Waals surface area contributed by atoms with Crippen LogP contribution >= 0.6 is 15.9 Å². The van der Waals surface area contributed by atoms with Gasteiger partial charge in [-0.25, -0.2) is 4.79 Å². The molecule has 2 nitrogen and oxygen atoms in total. The van der Waals surface area contributed by atoms with Crippen LogP contribution in [0.1, 0.15) is 12.5 Å². The molecule has 0 spiro atoms. The monoisotopic (exact) mass is 330 g/mol. The summed E-state index contributed by atoms with van der Waals surface area (Å²) in [6, 6.07) is 16.2. The molecule has 0 unspecified atom stereocenters. The number of hydrogen-bond acceptors (Lipinski definition) is 2. The lowest BCUT2D eigenvalue weighted by atomic mass is 10.0. The number of esters is 1. The highest BCUT2D eigenvalue weighted by Crippen LogP contribution is 2.22. The Morgan fingerprint density at radius 2 is 1.60 bits per heavy atom. The highest BCUT2D eigenvalue weighted by molar-refractivity contribution is 9.10. The maximum absolute atomic E-state index is 11.2. The Kier molecular flexibility index (Phi) is 5.13. The summed E-state index contributed by atoms with van der Waals surface area (Å²) in [6.45, 7) is 2.18. The second-order valence-corrected chi connectivity index (χ2v) is 5.13. The van der Waals surface area contributed by atoms with Gasteiger partial charge >= 0.3 is 5.97 Å². The molecule has 0 aliphatic rings. The predicted molar refractivity (Wildman–Crippen MR) is 85.2 cm³/mol. The third kappa shape index (κ3) is 4.07. The molecule has 0 fully saturated rings. The zero-order valence-electron chi connectivity index (χ0n) is 11.2. The molecule has 0 bridgehead atoms. The van der Waals surface area contributed by atoms with Crippen LogP contribution in [0.4, 0.5) is 0 Å². The van der Waals surface area contributed by atoms with Gasteiger partial charge in [0, 0.05) is 10.5 Å². The van der Waals surface area contributed by atoms with E-state index >= 15 is 0 Å². The van der Waals surface area contributed by atoms with Crippen molar-refractivity contribution < 1.29 is 9.53 Å². The Morgan fingerprint density at radius 3 is 2.15 bits per heavy atom. The van der Waals surface area contributed by atoms with E-state index < -0.39 is 0 Å². The topological polar surface area (TPSA) is 26.3 Å². The number of carbonyl (C=O) groups is 1. The smallest absolute Gasteiger partial charge is 0.330 e. The molecule has 0 aromatic heterocycles. The standard InChI is InChI=1S/C17H15BrO2/c1-2-20-17(19)12-5-13-3-6-14(7-4-13)15-8-10-16(18)11-9-15/h3-12H,2H2,1H3. The third-order valence-electron chi connectivity index (χ3n) is 2.79. The molecular formula is C17H15BrO2. The summed E-state index contributed by atoms with van der Waals surface area (Å²) in [6.07, 6.45) is 3.20. The minimum Gasteiger partial charge on any atom is -0.463 e. The van der Waals surface area contributed by atoms with Gasteiger partial charge in [0.25, 0.3) is 0 Å². The second kappa shape index (κ2) is 7.06. The number of hydrogen-bond donors (Lipinski definition) is 0. The van der Waals surface area contributed by atoms with Gasteiger partial charge in [-0.1, -0.05) is 52.3 Å². The van der Waals surface area contributed by atoms with E-state index in [-0.39, 0.29) is 5.97 Å². The number of ether oxygens (including phenoxy) is 1. The normalized spacial score (nSPS) is 10.7. The summed E-state index contributed by atoms with van der Waals surface area (Å²) < 4.78 is 5.90. The van der Waals surface area contributed by atoms with E-state index in [1.54, 1.807) is 13.0 Å². The van der Waals surface area contributed by atoms with Crippen LogP contribution < -0.4 is 0 Å². The Labute approximate surface area is 127 Å². The molecule has 0 saturated carbocycles. The van der Waals surface area contributed by atoms with Crippen LogP contribution in [0.3, 0.4) is 0 Å². The summed E-state index contributed by atoms with van der Waals surface area (Å²) >= 11 is 3.42. The van der Waals surface area contributed by atoms with Gasteiger partial charge in [0.1, 0.15) is 0 Å². The molecule has 3 heteroatoms. The molecule has 2 rings (SSSR count). The Hall–Kier alpha value is -1.87. The summed E-state index contributed by atoms with van der Waals surface area (Å²) in [7, 11) is 0. The van der Waals surface area contributed by atoms with E-state index in [2.05, 4.69) is 28.1 Å². The zero-order chi connectivity index (χ0) is 14.4. The first kappa shape index (κ1) is 14.5. The molecule has 2 aromatic carbocycles. The molecule has 0 heterocycles. The summed E-state index contributed by atoms with van der Waals surface area (Å²) in [5, 5.41) is 0. The Morgan fingerprint density at radius 1 is 1.05 bits per heavy atom. The van der Waals surface area contributed by atoms with Crippen LogP contribution in [0.25, 0.3) is 17.2 Å². The molecule has 0 radical (unpaired) electrons. The van der Waals surface area contributed by atoms with Crippen molar-refractivity contribution >= 4 is 28.0 Å². The lowest BCUT2D eigenvalue weighted by Gasteiger charge is -2.02. The van der Waals surface area contributed by atoms with Crippen molar-refractivity contribution in [2.75, 3.05) is 6.61 Å². The average Bonchev–Trinajstić information content (AvgIpc) is 2.47. The van der Waals surface area contributed by atoms with Crippen LogP contribution in [-0.2, 0) is 9.53 Å². The van der Waals surface area contributed by atoms with Gasteiger partial charge in [0.05, 0.1) is 6.61 Å². The van der Waals surface area contributed by atoms with Gasteiger partial charge in [0.15, 0.2) is 0 Å². The van der Waals surface area contributed by atoms with E-state index in [0.717, 1.165) is 21.2 Å². The molecule has 102 valence electrons. The number of halogens is 1. The Bertz CT molecular complexity index is 598. The van der Waals surface area contributed by atoms with Crippen molar-refractivity contribution in [2.45, 2.75) is 6.92 Å². The van der Waals surface area contributed by atoms with Crippen LogP contribution in [-0.4, -0.2) is 12.6 Å². The SMILES string of the molecule is CCOC(=O)C=Cc1ccc(-c2ccc(Br)cc2)cc1. The molecule has 2 aromatic rings. The van der Waals surface area contributed by atoms with E-state index in [1.165, 1.54) is 6.08 Å². The van der Waals surface area contributed by atoms with E-state index in [0.29, 0.717) is 6.61 Å². The lowest BCUT2D eigenvalue weighted by molar-refractivity contribution is -0.137. The van der Waals surface area contributed by atoms with E-state index in [4.69, 9.17) is 4.74 Å². The van der Waals surface area contributed by atoms with Crippen LogP contribution in [0, 0.1) is 0 Å². The predicted octanol–water partition coefficient (Wildman–Crippen LogP) is 4.69. The van der Waals surface area contributed by atoms with Gasteiger partial charge in [-0.15, -0.1) is 0 Å². The van der Waals surface area contributed by atoms with Gasteiger partial charge in [-0.05, 0) is 41.8 Å². The maximum atomic E-state index is 11.2. The molecule has 0 atom stereocenters. The van der Waals surface area contributed by atoms with E-state index in [1.807, 2.05) is 36.4 Å². The number of benzene rings is 2.